The molecule has 0 heterocycles. The van der Waals surface area contributed by atoms with Crippen molar-refractivity contribution in [3.05, 3.63) is 35.4 Å². The number of alkyl halides is 2. The van der Waals surface area contributed by atoms with Gasteiger partial charge < -0.3 is 0 Å². The van der Waals surface area contributed by atoms with Crippen molar-refractivity contribution >= 4 is 29.5 Å². The highest BCUT2D eigenvalue weighted by atomic mass is 35.5. The van der Waals surface area contributed by atoms with Gasteiger partial charge in [-0.15, -0.1) is 23.2 Å². The van der Waals surface area contributed by atoms with Crippen LogP contribution in [0.15, 0.2) is 24.3 Å². The molecule has 1 rings (SSSR count). The number of benzene rings is 1. The first-order valence-corrected chi connectivity index (χ1v) is 3.88. The molecule has 0 bridgehead atoms. The Labute approximate surface area is 74.9 Å². The molecule has 0 N–H and O–H groups in total. The maximum absolute atomic E-state index is 10.3. The highest BCUT2D eigenvalue weighted by Gasteiger charge is 2.07. The Morgan fingerprint density at radius 2 is 1.91 bits per heavy atom. The third kappa shape index (κ3) is 1.95. The summed E-state index contributed by atoms with van der Waals surface area (Å²) in [6.07, 6.45) is 1.76. The van der Waals surface area contributed by atoms with Gasteiger partial charge in [-0.2, -0.15) is 0 Å². The Hall–Kier alpha value is -0.530. The number of carbonyl (C=O) groups excluding carboxylic acids is 1. The van der Waals surface area contributed by atoms with Crippen LogP contribution in [0.3, 0.4) is 0 Å². The first-order valence-electron chi connectivity index (χ1n) is 3.01. The maximum atomic E-state index is 10.3. The van der Waals surface area contributed by atoms with E-state index in [1.165, 1.54) is 0 Å². The topological polar surface area (TPSA) is 17.1 Å². The maximum Gasteiger partial charge on any atom is 0.233 e. The highest BCUT2D eigenvalue weighted by Crippen LogP contribution is 2.26. The van der Waals surface area contributed by atoms with Gasteiger partial charge in [0.2, 0.25) is 6.29 Å². The lowest BCUT2D eigenvalue weighted by Gasteiger charge is -2.02. The number of halogens is 2. The molecule has 0 atom stereocenters. The fourth-order valence-corrected chi connectivity index (χ4v) is 1.16. The molecule has 1 aromatic carbocycles. The summed E-state index contributed by atoms with van der Waals surface area (Å²) in [4.78, 5) is 9.63. The zero-order valence-electron chi connectivity index (χ0n) is 5.55. The first-order chi connectivity index (χ1) is 5.25. The minimum Gasteiger partial charge on any atom is -0.285 e. The standard InChI is InChI=1S/C8H5Cl2O/c9-8(10)7-4-2-1-3-6(7)5-11/h1-4,8H. The van der Waals surface area contributed by atoms with Crippen LogP contribution in [0.2, 0.25) is 0 Å². The molecule has 11 heavy (non-hydrogen) atoms. The lowest BCUT2D eigenvalue weighted by molar-refractivity contribution is 0.562. The Balaban J connectivity index is 3.12. The Bertz CT molecular complexity index is 258. The molecule has 3 heteroatoms. The molecule has 0 aliphatic carbocycles. The average Bonchev–Trinajstić information content (AvgIpc) is 2.04. The van der Waals surface area contributed by atoms with E-state index in [2.05, 4.69) is 0 Å². The van der Waals surface area contributed by atoms with Crippen LogP contribution in [0.25, 0.3) is 0 Å². The van der Waals surface area contributed by atoms with Crippen LogP contribution in [0, 0.1) is 0 Å². The van der Waals surface area contributed by atoms with Crippen LogP contribution < -0.4 is 0 Å². The van der Waals surface area contributed by atoms with Gasteiger partial charge in [-0.1, -0.05) is 24.3 Å². The van der Waals surface area contributed by atoms with E-state index in [-0.39, 0.29) is 0 Å². The van der Waals surface area contributed by atoms with Crippen LogP contribution in [-0.2, 0) is 4.79 Å². The minimum absolute atomic E-state index is 0.419. The molecule has 1 nitrogen and oxygen atoms in total. The van der Waals surface area contributed by atoms with Crippen molar-refractivity contribution in [2.75, 3.05) is 0 Å². The first kappa shape index (κ1) is 8.57. The van der Waals surface area contributed by atoms with Crippen LogP contribution >= 0.6 is 23.2 Å². The Morgan fingerprint density at radius 1 is 1.27 bits per heavy atom. The molecule has 0 aliphatic rings. The molecule has 1 radical (unpaired) electrons. The third-order valence-electron chi connectivity index (χ3n) is 1.31. The van der Waals surface area contributed by atoms with Crippen LogP contribution in [-0.4, -0.2) is 6.29 Å². The molecular weight excluding hydrogens is 183 g/mol. The van der Waals surface area contributed by atoms with E-state index < -0.39 is 4.84 Å². The van der Waals surface area contributed by atoms with E-state index in [4.69, 9.17) is 23.2 Å². The summed E-state index contributed by atoms with van der Waals surface area (Å²) in [7, 11) is 0. The lowest BCUT2D eigenvalue weighted by Crippen LogP contribution is -1.90. The van der Waals surface area contributed by atoms with Crippen molar-refractivity contribution in [2.24, 2.45) is 0 Å². The monoisotopic (exact) mass is 187 g/mol. The predicted octanol–water partition coefficient (Wildman–Crippen LogP) is 2.62. The average molecular weight is 188 g/mol. The van der Waals surface area contributed by atoms with E-state index in [9.17, 15) is 4.79 Å². The number of hydrogen-bond donors (Lipinski definition) is 0. The smallest absolute Gasteiger partial charge is 0.233 e. The summed E-state index contributed by atoms with van der Waals surface area (Å²) in [5.41, 5.74) is 1.02. The van der Waals surface area contributed by atoms with Crippen molar-refractivity contribution in [2.45, 2.75) is 4.84 Å². The van der Waals surface area contributed by atoms with Crippen LogP contribution in [0.1, 0.15) is 16.0 Å². The molecular formula is C8H5Cl2O. The van der Waals surface area contributed by atoms with E-state index in [0.717, 1.165) is 0 Å². The second-order valence-electron chi connectivity index (χ2n) is 1.99. The van der Waals surface area contributed by atoms with Crippen LogP contribution in [0.5, 0.6) is 0 Å². The predicted molar refractivity (Wildman–Crippen MR) is 45.7 cm³/mol. The number of rotatable bonds is 2. The largest absolute Gasteiger partial charge is 0.285 e. The van der Waals surface area contributed by atoms with Crippen molar-refractivity contribution in [1.29, 1.82) is 0 Å². The number of hydrogen-bond acceptors (Lipinski definition) is 1. The van der Waals surface area contributed by atoms with E-state index in [1.807, 2.05) is 0 Å². The molecule has 0 unspecified atom stereocenters. The van der Waals surface area contributed by atoms with Gasteiger partial charge in [-0.05, 0) is 5.56 Å². The highest BCUT2D eigenvalue weighted by molar-refractivity contribution is 6.44. The third-order valence-corrected chi connectivity index (χ3v) is 1.78. The molecule has 1 aromatic rings. The van der Waals surface area contributed by atoms with Crippen molar-refractivity contribution in [3.8, 4) is 0 Å². The van der Waals surface area contributed by atoms with Gasteiger partial charge in [-0.25, -0.2) is 0 Å². The lowest BCUT2D eigenvalue weighted by atomic mass is 10.1. The normalized spacial score (nSPS) is 10.1. The Morgan fingerprint density at radius 3 is 2.36 bits per heavy atom. The van der Waals surface area contributed by atoms with Gasteiger partial charge >= 0.3 is 0 Å². The molecule has 0 amide bonds. The van der Waals surface area contributed by atoms with Gasteiger partial charge in [0, 0.05) is 5.56 Å². The fraction of sp³-hybridized carbons (Fsp3) is 0.125. The van der Waals surface area contributed by atoms with E-state index in [0.29, 0.717) is 11.1 Å². The van der Waals surface area contributed by atoms with E-state index >= 15 is 0 Å². The quantitative estimate of drug-likeness (QED) is 0.652. The molecule has 0 spiro atoms. The van der Waals surface area contributed by atoms with Gasteiger partial charge in [0.1, 0.15) is 4.84 Å². The summed E-state index contributed by atoms with van der Waals surface area (Å²) < 4.78 is 0. The summed E-state index contributed by atoms with van der Waals surface area (Å²) in [5, 5.41) is 0. The Kier molecular flexibility index (Phi) is 2.92. The second kappa shape index (κ2) is 3.74. The molecule has 0 saturated heterocycles. The molecule has 0 aromatic heterocycles. The molecule has 0 saturated carbocycles. The summed E-state index contributed by atoms with van der Waals surface area (Å²) >= 11 is 11.1. The van der Waals surface area contributed by atoms with Crippen molar-refractivity contribution in [1.82, 2.24) is 0 Å². The SMILES string of the molecule is O=[C]c1ccccc1C(Cl)Cl. The summed E-state index contributed by atoms with van der Waals surface area (Å²) in [6, 6.07) is 6.83. The van der Waals surface area contributed by atoms with Gasteiger partial charge in [0.15, 0.2) is 0 Å². The van der Waals surface area contributed by atoms with Gasteiger partial charge in [0.25, 0.3) is 0 Å². The fourth-order valence-electron chi connectivity index (χ4n) is 0.780. The van der Waals surface area contributed by atoms with Crippen molar-refractivity contribution < 1.29 is 4.79 Å². The molecule has 0 aliphatic heterocycles. The molecule has 57 valence electrons. The second-order valence-corrected chi connectivity index (χ2v) is 3.09. The zero-order valence-corrected chi connectivity index (χ0v) is 7.06. The van der Waals surface area contributed by atoms with Crippen molar-refractivity contribution in [3.63, 3.8) is 0 Å². The van der Waals surface area contributed by atoms with Gasteiger partial charge in [-0.3, -0.25) is 4.79 Å². The van der Waals surface area contributed by atoms with E-state index in [1.54, 1.807) is 30.6 Å². The molecule has 0 fully saturated rings. The minimum atomic E-state index is -0.660. The summed E-state index contributed by atoms with van der Waals surface area (Å²) in [5.74, 6) is 0. The zero-order chi connectivity index (χ0) is 8.27. The van der Waals surface area contributed by atoms with Crippen LogP contribution in [0.4, 0.5) is 0 Å². The van der Waals surface area contributed by atoms with Gasteiger partial charge in [0.05, 0.1) is 0 Å². The summed E-state index contributed by atoms with van der Waals surface area (Å²) in [6.45, 7) is 0.